The van der Waals surface area contributed by atoms with Crippen LogP contribution in [-0.4, -0.2) is 31.3 Å². The number of nitrogen functional groups attached to an aromatic ring is 1. The van der Waals surface area contributed by atoms with Gasteiger partial charge in [0, 0.05) is 31.0 Å². The summed E-state index contributed by atoms with van der Waals surface area (Å²) >= 11 is 0. The predicted molar refractivity (Wildman–Crippen MR) is 90.2 cm³/mol. The summed E-state index contributed by atoms with van der Waals surface area (Å²) in [6.07, 6.45) is 2.84. The van der Waals surface area contributed by atoms with Gasteiger partial charge in [0.15, 0.2) is 0 Å². The number of amides is 1. The summed E-state index contributed by atoms with van der Waals surface area (Å²) in [4.78, 5) is 14.1. The van der Waals surface area contributed by atoms with E-state index in [1.54, 1.807) is 0 Å². The number of hydrogen-bond donors (Lipinski definition) is 2. The second-order valence-electron chi connectivity index (χ2n) is 6.76. The van der Waals surface area contributed by atoms with E-state index in [0.29, 0.717) is 6.54 Å². The maximum absolute atomic E-state index is 11.7. The Kier molecular flexibility index (Phi) is 5.16. The average molecular weight is 305 g/mol. The number of hydrogen-bond acceptors (Lipinski definition) is 4. The van der Waals surface area contributed by atoms with Crippen LogP contribution in [0, 0.1) is 0 Å². The molecule has 0 radical (unpaired) electrons. The fourth-order valence-electron chi connectivity index (χ4n) is 2.69. The molecule has 1 heterocycles. The maximum atomic E-state index is 11.7. The lowest BCUT2D eigenvalue weighted by atomic mass is 10.1. The van der Waals surface area contributed by atoms with E-state index < -0.39 is 5.60 Å². The van der Waals surface area contributed by atoms with Crippen molar-refractivity contribution < 1.29 is 9.53 Å². The number of carbonyl (C=O) groups is 1. The Morgan fingerprint density at radius 3 is 2.64 bits per heavy atom. The third-order valence-corrected chi connectivity index (χ3v) is 3.61. The second kappa shape index (κ2) is 6.90. The van der Waals surface area contributed by atoms with Crippen molar-refractivity contribution in [3.05, 3.63) is 23.8 Å². The largest absolute Gasteiger partial charge is 0.444 e. The van der Waals surface area contributed by atoms with Crippen LogP contribution in [0.1, 0.15) is 39.2 Å². The van der Waals surface area contributed by atoms with E-state index in [2.05, 4.69) is 16.3 Å². The SMILES string of the molecule is CC(C)(C)OC(=O)NCCc1cc(N)ccc1N1CCCC1. The zero-order chi connectivity index (χ0) is 16.2. The monoisotopic (exact) mass is 305 g/mol. The van der Waals surface area contributed by atoms with Gasteiger partial charge in [-0.3, -0.25) is 0 Å². The molecule has 1 amide bonds. The van der Waals surface area contributed by atoms with Crippen molar-refractivity contribution in [2.45, 2.75) is 45.6 Å². The first-order valence-electron chi connectivity index (χ1n) is 7.95. The molecule has 1 aromatic rings. The third-order valence-electron chi connectivity index (χ3n) is 3.61. The fraction of sp³-hybridized carbons (Fsp3) is 0.588. The summed E-state index contributed by atoms with van der Waals surface area (Å²) in [5, 5.41) is 2.80. The molecule has 5 heteroatoms. The van der Waals surface area contributed by atoms with Crippen LogP contribution in [0.5, 0.6) is 0 Å². The van der Waals surface area contributed by atoms with E-state index in [-0.39, 0.29) is 6.09 Å². The minimum atomic E-state index is -0.470. The fourth-order valence-corrected chi connectivity index (χ4v) is 2.69. The molecule has 1 aliphatic heterocycles. The predicted octanol–water partition coefficient (Wildman–Crippen LogP) is 2.94. The Morgan fingerprint density at radius 2 is 2.00 bits per heavy atom. The van der Waals surface area contributed by atoms with Crippen LogP contribution in [0.4, 0.5) is 16.2 Å². The molecule has 122 valence electrons. The number of nitrogens with two attached hydrogens (primary N) is 1. The summed E-state index contributed by atoms with van der Waals surface area (Å²) in [7, 11) is 0. The summed E-state index contributed by atoms with van der Waals surface area (Å²) < 4.78 is 5.24. The lowest BCUT2D eigenvalue weighted by molar-refractivity contribution is 0.0528. The van der Waals surface area contributed by atoms with Gasteiger partial charge in [0.1, 0.15) is 5.60 Å². The van der Waals surface area contributed by atoms with Gasteiger partial charge in [0.2, 0.25) is 0 Å². The normalized spacial score (nSPS) is 15.0. The molecular weight excluding hydrogens is 278 g/mol. The topological polar surface area (TPSA) is 67.6 Å². The molecule has 0 spiro atoms. The van der Waals surface area contributed by atoms with Crippen LogP contribution in [0.15, 0.2) is 18.2 Å². The highest BCUT2D eigenvalue weighted by atomic mass is 16.6. The van der Waals surface area contributed by atoms with E-state index in [1.807, 2.05) is 32.9 Å². The van der Waals surface area contributed by atoms with E-state index in [1.165, 1.54) is 24.1 Å². The van der Waals surface area contributed by atoms with Gasteiger partial charge in [-0.05, 0) is 63.8 Å². The average Bonchev–Trinajstić information content (AvgIpc) is 2.90. The smallest absolute Gasteiger partial charge is 0.407 e. The van der Waals surface area contributed by atoms with Gasteiger partial charge in [-0.2, -0.15) is 0 Å². The number of carbonyl (C=O) groups excluding carboxylic acids is 1. The number of nitrogens with zero attached hydrogens (tertiary/aromatic N) is 1. The number of nitrogens with one attached hydrogen (secondary N) is 1. The molecule has 0 aliphatic carbocycles. The highest BCUT2D eigenvalue weighted by Gasteiger charge is 2.17. The molecule has 1 saturated heterocycles. The third kappa shape index (κ3) is 4.83. The van der Waals surface area contributed by atoms with Gasteiger partial charge >= 0.3 is 6.09 Å². The number of alkyl carbamates (subject to hydrolysis) is 1. The van der Waals surface area contributed by atoms with Gasteiger partial charge in [-0.25, -0.2) is 4.79 Å². The zero-order valence-electron chi connectivity index (χ0n) is 13.8. The molecule has 2 rings (SSSR count). The van der Waals surface area contributed by atoms with E-state index >= 15 is 0 Å². The summed E-state index contributed by atoms with van der Waals surface area (Å²) in [6.45, 7) is 8.30. The number of ether oxygens (including phenoxy) is 1. The highest BCUT2D eigenvalue weighted by molar-refractivity contribution is 5.68. The van der Waals surface area contributed by atoms with Crippen LogP contribution in [0.25, 0.3) is 0 Å². The standard InChI is InChI=1S/C17H27N3O2/c1-17(2,3)22-16(21)19-9-8-13-12-14(18)6-7-15(13)20-10-4-5-11-20/h6-7,12H,4-5,8-11,18H2,1-3H3,(H,19,21). The van der Waals surface area contributed by atoms with E-state index in [9.17, 15) is 4.79 Å². The highest BCUT2D eigenvalue weighted by Crippen LogP contribution is 2.26. The molecule has 1 aliphatic rings. The number of anilines is 2. The van der Waals surface area contributed by atoms with Crippen molar-refractivity contribution in [2.75, 3.05) is 30.3 Å². The Hall–Kier alpha value is -1.91. The van der Waals surface area contributed by atoms with Crippen LogP contribution >= 0.6 is 0 Å². The molecule has 0 unspecified atom stereocenters. The molecular formula is C17H27N3O2. The maximum Gasteiger partial charge on any atom is 0.407 e. The minimum Gasteiger partial charge on any atom is -0.444 e. The van der Waals surface area contributed by atoms with Crippen molar-refractivity contribution >= 4 is 17.5 Å². The van der Waals surface area contributed by atoms with Crippen molar-refractivity contribution in [1.82, 2.24) is 5.32 Å². The van der Waals surface area contributed by atoms with Crippen molar-refractivity contribution in [1.29, 1.82) is 0 Å². The summed E-state index contributed by atoms with van der Waals surface area (Å²) in [6, 6.07) is 6.03. The van der Waals surface area contributed by atoms with Gasteiger partial charge < -0.3 is 20.7 Å². The molecule has 0 atom stereocenters. The molecule has 0 bridgehead atoms. The first-order valence-corrected chi connectivity index (χ1v) is 7.95. The van der Waals surface area contributed by atoms with Gasteiger partial charge in [-0.1, -0.05) is 0 Å². The molecule has 1 fully saturated rings. The first kappa shape index (κ1) is 16.5. The molecule has 0 saturated carbocycles. The van der Waals surface area contributed by atoms with E-state index in [4.69, 9.17) is 10.5 Å². The Labute approximate surface area is 132 Å². The van der Waals surface area contributed by atoms with Crippen molar-refractivity contribution in [2.24, 2.45) is 0 Å². The Balaban J connectivity index is 1.94. The van der Waals surface area contributed by atoms with Gasteiger partial charge in [0.05, 0.1) is 0 Å². The first-order chi connectivity index (χ1) is 10.3. The lowest BCUT2D eigenvalue weighted by Crippen LogP contribution is -2.33. The molecule has 22 heavy (non-hydrogen) atoms. The molecule has 5 nitrogen and oxygen atoms in total. The van der Waals surface area contributed by atoms with E-state index in [0.717, 1.165) is 25.2 Å². The minimum absolute atomic E-state index is 0.376. The molecule has 0 aromatic heterocycles. The van der Waals surface area contributed by atoms with Crippen molar-refractivity contribution in [3.8, 4) is 0 Å². The molecule has 3 N–H and O–H groups in total. The molecule has 1 aromatic carbocycles. The lowest BCUT2D eigenvalue weighted by Gasteiger charge is -2.22. The quantitative estimate of drug-likeness (QED) is 0.839. The number of benzene rings is 1. The van der Waals surface area contributed by atoms with Crippen molar-refractivity contribution in [3.63, 3.8) is 0 Å². The zero-order valence-corrected chi connectivity index (χ0v) is 13.8. The summed E-state index contributed by atoms with van der Waals surface area (Å²) in [5.41, 5.74) is 8.61. The van der Waals surface area contributed by atoms with Gasteiger partial charge in [0.25, 0.3) is 0 Å². The Bertz CT molecular complexity index is 517. The van der Waals surface area contributed by atoms with Gasteiger partial charge in [-0.15, -0.1) is 0 Å². The Morgan fingerprint density at radius 1 is 1.32 bits per heavy atom. The summed E-state index contributed by atoms with van der Waals surface area (Å²) in [5.74, 6) is 0. The van der Waals surface area contributed by atoms with Crippen LogP contribution < -0.4 is 16.0 Å². The van der Waals surface area contributed by atoms with Crippen LogP contribution in [-0.2, 0) is 11.2 Å². The second-order valence-corrected chi connectivity index (χ2v) is 6.76. The number of rotatable bonds is 4. The van der Waals surface area contributed by atoms with Crippen LogP contribution in [0.2, 0.25) is 0 Å². The van der Waals surface area contributed by atoms with Crippen LogP contribution in [0.3, 0.4) is 0 Å².